The van der Waals surface area contributed by atoms with Gasteiger partial charge in [0.25, 0.3) is 5.91 Å². The van der Waals surface area contributed by atoms with Crippen LogP contribution in [0, 0.1) is 11.8 Å². The Bertz CT molecular complexity index is 697. The van der Waals surface area contributed by atoms with Crippen LogP contribution in [-0.2, 0) is 4.79 Å². The fraction of sp³-hybridized carbons (Fsp3) is 0.682. The zero-order valence-corrected chi connectivity index (χ0v) is 17.0. The molecule has 1 atom stereocenters. The maximum Gasteiger partial charge on any atom is 0.255 e. The fourth-order valence-electron chi connectivity index (χ4n) is 4.81. The first kappa shape index (κ1) is 19.2. The third kappa shape index (κ3) is 4.31. The third-order valence-electron chi connectivity index (χ3n) is 6.53. The van der Waals surface area contributed by atoms with Crippen molar-refractivity contribution in [1.29, 1.82) is 0 Å². The predicted molar refractivity (Wildman–Crippen MR) is 109 cm³/mol. The summed E-state index contributed by atoms with van der Waals surface area (Å²) in [5.41, 5.74) is 0.682. The molecule has 0 spiro atoms. The van der Waals surface area contributed by atoms with Crippen molar-refractivity contribution in [3.8, 4) is 0 Å². The van der Waals surface area contributed by atoms with Crippen LogP contribution in [0.1, 0.15) is 55.8 Å². The van der Waals surface area contributed by atoms with E-state index in [1.54, 1.807) is 6.20 Å². The molecule has 3 saturated heterocycles. The number of aromatic nitrogens is 1. The summed E-state index contributed by atoms with van der Waals surface area (Å²) >= 11 is 0. The van der Waals surface area contributed by atoms with Gasteiger partial charge in [0.2, 0.25) is 5.91 Å². The standard InChI is InChI=1S/C22H32N4O2/c1-17-4-2-10-25(15-17)20-7-6-19(14-23-20)22(28)24-12-8-18(9-13-24)16-26-11-3-5-21(26)27/h6-7,14,17-18H,2-5,8-13,15-16H2,1H3. The normalized spacial score (nSPS) is 24.1. The molecule has 0 aliphatic carbocycles. The fourth-order valence-corrected chi connectivity index (χ4v) is 4.81. The first-order chi connectivity index (χ1) is 13.6. The Morgan fingerprint density at radius 1 is 1.11 bits per heavy atom. The summed E-state index contributed by atoms with van der Waals surface area (Å²) in [5, 5.41) is 0. The van der Waals surface area contributed by atoms with Crippen LogP contribution >= 0.6 is 0 Å². The molecule has 3 aliphatic heterocycles. The molecule has 28 heavy (non-hydrogen) atoms. The van der Waals surface area contributed by atoms with Crippen LogP contribution in [-0.4, -0.2) is 65.9 Å². The molecule has 0 radical (unpaired) electrons. The minimum Gasteiger partial charge on any atom is -0.356 e. The Morgan fingerprint density at radius 3 is 2.57 bits per heavy atom. The number of piperidine rings is 2. The van der Waals surface area contributed by atoms with Gasteiger partial charge >= 0.3 is 0 Å². The summed E-state index contributed by atoms with van der Waals surface area (Å²) < 4.78 is 0. The molecule has 0 saturated carbocycles. The predicted octanol–water partition coefficient (Wildman–Crippen LogP) is 2.79. The Balaban J connectivity index is 1.29. The number of anilines is 1. The van der Waals surface area contributed by atoms with Crippen LogP contribution in [0.3, 0.4) is 0 Å². The van der Waals surface area contributed by atoms with Gasteiger partial charge in [-0.2, -0.15) is 0 Å². The molecule has 0 bridgehead atoms. The zero-order chi connectivity index (χ0) is 19.5. The van der Waals surface area contributed by atoms with Crippen LogP contribution in [0.5, 0.6) is 0 Å². The SMILES string of the molecule is CC1CCCN(c2ccc(C(=O)N3CCC(CN4CCCC4=O)CC3)cn2)C1. The van der Waals surface area contributed by atoms with Gasteiger partial charge in [0, 0.05) is 51.9 Å². The van der Waals surface area contributed by atoms with Gasteiger partial charge < -0.3 is 14.7 Å². The number of likely N-dealkylation sites (tertiary alicyclic amines) is 2. The highest BCUT2D eigenvalue weighted by Crippen LogP contribution is 2.24. The topological polar surface area (TPSA) is 56.8 Å². The van der Waals surface area contributed by atoms with Gasteiger partial charge in [0.1, 0.15) is 5.82 Å². The molecule has 4 heterocycles. The molecule has 152 valence electrons. The molecule has 3 aliphatic rings. The average molecular weight is 385 g/mol. The summed E-state index contributed by atoms with van der Waals surface area (Å²) in [6.07, 6.45) is 7.90. The number of hydrogen-bond acceptors (Lipinski definition) is 4. The highest BCUT2D eigenvalue weighted by atomic mass is 16.2. The van der Waals surface area contributed by atoms with E-state index < -0.39 is 0 Å². The molecule has 1 unspecified atom stereocenters. The van der Waals surface area contributed by atoms with Crippen molar-refractivity contribution in [3.63, 3.8) is 0 Å². The van der Waals surface area contributed by atoms with Gasteiger partial charge in [-0.25, -0.2) is 4.98 Å². The highest BCUT2D eigenvalue weighted by Gasteiger charge is 2.28. The van der Waals surface area contributed by atoms with E-state index >= 15 is 0 Å². The number of hydrogen-bond donors (Lipinski definition) is 0. The van der Waals surface area contributed by atoms with Crippen molar-refractivity contribution in [1.82, 2.24) is 14.8 Å². The van der Waals surface area contributed by atoms with Crippen LogP contribution in [0.2, 0.25) is 0 Å². The molecule has 0 N–H and O–H groups in total. The van der Waals surface area contributed by atoms with Gasteiger partial charge in [-0.3, -0.25) is 9.59 Å². The summed E-state index contributed by atoms with van der Waals surface area (Å²) in [5.74, 6) is 2.59. The number of amides is 2. The first-order valence-corrected chi connectivity index (χ1v) is 10.9. The van der Waals surface area contributed by atoms with E-state index in [-0.39, 0.29) is 5.91 Å². The molecule has 3 fully saturated rings. The Morgan fingerprint density at radius 2 is 1.93 bits per heavy atom. The summed E-state index contributed by atoms with van der Waals surface area (Å²) in [4.78, 5) is 35.5. The Labute approximate surface area is 167 Å². The summed E-state index contributed by atoms with van der Waals surface area (Å²) in [6, 6.07) is 3.93. The number of carbonyl (C=O) groups excluding carboxylic acids is 2. The summed E-state index contributed by atoms with van der Waals surface area (Å²) in [6.45, 7) is 7.71. The lowest BCUT2D eigenvalue weighted by Gasteiger charge is -2.34. The molecule has 2 amide bonds. The lowest BCUT2D eigenvalue weighted by atomic mass is 9.96. The van der Waals surface area contributed by atoms with Crippen LogP contribution in [0.4, 0.5) is 5.82 Å². The number of carbonyl (C=O) groups is 2. The average Bonchev–Trinajstić information content (AvgIpc) is 3.13. The molecule has 4 rings (SSSR count). The van der Waals surface area contributed by atoms with E-state index in [0.29, 0.717) is 29.7 Å². The van der Waals surface area contributed by atoms with Crippen molar-refractivity contribution >= 4 is 17.6 Å². The molecule has 6 heteroatoms. The van der Waals surface area contributed by atoms with E-state index in [2.05, 4.69) is 16.8 Å². The van der Waals surface area contributed by atoms with Gasteiger partial charge in [0.05, 0.1) is 5.56 Å². The Kier molecular flexibility index (Phi) is 5.83. The molecule has 6 nitrogen and oxygen atoms in total. The van der Waals surface area contributed by atoms with Crippen LogP contribution in [0.15, 0.2) is 18.3 Å². The van der Waals surface area contributed by atoms with Gasteiger partial charge in [0.15, 0.2) is 0 Å². The van der Waals surface area contributed by atoms with E-state index in [0.717, 1.165) is 64.3 Å². The number of rotatable bonds is 4. The maximum absolute atomic E-state index is 12.9. The van der Waals surface area contributed by atoms with Crippen molar-refractivity contribution in [2.45, 2.75) is 45.4 Å². The zero-order valence-electron chi connectivity index (χ0n) is 17.0. The number of nitrogens with zero attached hydrogens (tertiary/aromatic N) is 4. The molecular weight excluding hydrogens is 352 g/mol. The van der Waals surface area contributed by atoms with Crippen LogP contribution < -0.4 is 4.90 Å². The second-order valence-electron chi connectivity index (χ2n) is 8.78. The van der Waals surface area contributed by atoms with Gasteiger partial charge in [-0.1, -0.05) is 6.92 Å². The monoisotopic (exact) mass is 384 g/mol. The first-order valence-electron chi connectivity index (χ1n) is 10.9. The summed E-state index contributed by atoms with van der Waals surface area (Å²) in [7, 11) is 0. The third-order valence-corrected chi connectivity index (χ3v) is 6.53. The lowest BCUT2D eigenvalue weighted by molar-refractivity contribution is -0.128. The molecular formula is C22H32N4O2. The Hall–Kier alpha value is -2.11. The lowest BCUT2D eigenvalue weighted by Crippen LogP contribution is -2.42. The van der Waals surface area contributed by atoms with E-state index in [1.165, 1.54) is 12.8 Å². The smallest absolute Gasteiger partial charge is 0.255 e. The van der Waals surface area contributed by atoms with Gasteiger partial charge in [-0.05, 0) is 56.1 Å². The van der Waals surface area contributed by atoms with Crippen molar-refractivity contribution < 1.29 is 9.59 Å². The highest BCUT2D eigenvalue weighted by molar-refractivity contribution is 5.94. The minimum absolute atomic E-state index is 0.0850. The van der Waals surface area contributed by atoms with E-state index in [4.69, 9.17) is 0 Å². The molecule has 1 aromatic rings. The largest absolute Gasteiger partial charge is 0.356 e. The van der Waals surface area contributed by atoms with E-state index in [9.17, 15) is 9.59 Å². The molecule has 0 aromatic carbocycles. The van der Waals surface area contributed by atoms with Crippen molar-refractivity contribution in [3.05, 3.63) is 23.9 Å². The maximum atomic E-state index is 12.9. The second-order valence-corrected chi connectivity index (χ2v) is 8.78. The second kappa shape index (κ2) is 8.50. The van der Waals surface area contributed by atoms with E-state index in [1.807, 2.05) is 21.9 Å². The van der Waals surface area contributed by atoms with Gasteiger partial charge in [-0.15, -0.1) is 0 Å². The van der Waals surface area contributed by atoms with Crippen LogP contribution in [0.25, 0.3) is 0 Å². The number of pyridine rings is 1. The molecule has 1 aromatic heterocycles. The quantitative estimate of drug-likeness (QED) is 0.801. The minimum atomic E-state index is 0.0850. The van der Waals surface area contributed by atoms with Crippen molar-refractivity contribution in [2.75, 3.05) is 44.2 Å². The van der Waals surface area contributed by atoms with Crippen molar-refractivity contribution in [2.24, 2.45) is 11.8 Å².